The van der Waals surface area contributed by atoms with Crippen molar-refractivity contribution in [1.29, 1.82) is 5.26 Å². The van der Waals surface area contributed by atoms with Crippen LogP contribution in [-0.4, -0.2) is 35.2 Å². The van der Waals surface area contributed by atoms with Crippen molar-refractivity contribution in [2.45, 2.75) is 65.5 Å². The monoisotopic (exact) mass is 278 g/mol. The summed E-state index contributed by atoms with van der Waals surface area (Å²) in [6, 6.07) is 2.87. The largest absolute Gasteiger partial charge is 0.392 e. The molecular formula is C17H30N2O. The summed E-state index contributed by atoms with van der Waals surface area (Å²) in [4.78, 5) is 2.40. The molecule has 1 saturated carbocycles. The summed E-state index contributed by atoms with van der Waals surface area (Å²) in [5, 5.41) is 19.6. The molecule has 1 N–H and O–H groups in total. The molecule has 2 fully saturated rings. The Balaban J connectivity index is 2.08. The minimum atomic E-state index is -0.224. The molecule has 2 aliphatic rings. The second-order valence-electron chi connectivity index (χ2n) is 8.01. The van der Waals surface area contributed by atoms with Crippen molar-refractivity contribution < 1.29 is 5.11 Å². The van der Waals surface area contributed by atoms with Crippen LogP contribution in [0.4, 0.5) is 0 Å². The van der Waals surface area contributed by atoms with E-state index in [-0.39, 0.29) is 12.0 Å². The van der Waals surface area contributed by atoms with Crippen molar-refractivity contribution in [3.63, 3.8) is 0 Å². The van der Waals surface area contributed by atoms with Crippen molar-refractivity contribution in [3.8, 4) is 6.07 Å². The van der Waals surface area contributed by atoms with E-state index in [4.69, 9.17) is 0 Å². The average Bonchev–Trinajstić information content (AvgIpc) is 2.40. The molecule has 114 valence electrons. The van der Waals surface area contributed by atoms with Crippen LogP contribution in [-0.2, 0) is 0 Å². The molecule has 1 saturated heterocycles. The van der Waals surface area contributed by atoms with Crippen LogP contribution in [0.3, 0.4) is 0 Å². The molecule has 3 nitrogen and oxygen atoms in total. The van der Waals surface area contributed by atoms with Gasteiger partial charge in [-0.15, -0.1) is 0 Å². The lowest BCUT2D eigenvalue weighted by Crippen LogP contribution is -2.52. The third-order valence-electron chi connectivity index (χ3n) is 5.63. The zero-order valence-electron chi connectivity index (χ0n) is 13.5. The molecule has 0 aromatic heterocycles. The second kappa shape index (κ2) is 6.03. The molecule has 0 aromatic rings. The normalized spacial score (nSPS) is 40.3. The highest BCUT2D eigenvalue weighted by atomic mass is 16.3. The van der Waals surface area contributed by atoms with E-state index in [1.165, 1.54) is 6.42 Å². The van der Waals surface area contributed by atoms with Gasteiger partial charge < -0.3 is 5.11 Å². The Hall–Kier alpha value is -0.590. The number of nitrogens with zero attached hydrogens (tertiary/aromatic N) is 2. The zero-order chi connectivity index (χ0) is 14.9. The Morgan fingerprint density at radius 3 is 2.45 bits per heavy atom. The Kier molecular flexibility index (Phi) is 4.76. The Labute approximate surface area is 124 Å². The van der Waals surface area contributed by atoms with Gasteiger partial charge in [-0.05, 0) is 49.5 Å². The van der Waals surface area contributed by atoms with Crippen LogP contribution >= 0.6 is 0 Å². The van der Waals surface area contributed by atoms with Crippen LogP contribution in [0.5, 0.6) is 0 Å². The molecule has 20 heavy (non-hydrogen) atoms. The number of nitriles is 1. The fraction of sp³-hybridized carbons (Fsp3) is 0.941. The number of hydrogen-bond donors (Lipinski definition) is 1. The van der Waals surface area contributed by atoms with E-state index in [1.54, 1.807) is 0 Å². The highest BCUT2D eigenvalue weighted by molar-refractivity contribution is 5.00. The predicted molar refractivity (Wildman–Crippen MR) is 81.0 cm³/mol. The first-order chi connectivity index (χ1) is 9.32. The van der Waals surface area contributed by atoms with Gasteiger partial charge in [0, 0.05) is 12.6 Å². The third kappa shape index (κ3) is 3.35. The van der Waals surface area contributed by atoms with Crippen LogP contribution in [0.2, 0.25) is 0 Å². The molecule has 0 spiro atoms. The Bertz CT molecular complexity index is 368. The molecule has 5 unspecified atom stereocenters. The quantitative estimate of drug-likeness (QED) is 0.802. The van der Waals surface area contributed by atoms with Gasteiger partial charge in [-0.3, -0.25) is 4.90 Å². The standard InChI is InChI=1S/C17H30N2O/c1-12-7-8-19(11-16(12)20)15-9-14(17(2,3)4)6-5-13(15)10-18/h12-16,20H,5-9,11H2,1-4H3. The maximum absolute atomic E-state index is 10.1. The summed E-state index contributed by atoms with van der Waals surface area (Å²) in [7, 11) is 0. The number of aliphatic hydroxyl groups is 1. The lowest BCUT2D eigenvalue weighted by atomic mass is 9.67. The first-order valence-corrected chi connectivity index (χ1v) is 8.14. The van der Waals surface area contributed by atoms with E-state index < -0.39 is 0 Å². The maximum Gasteiger partial charge on any atom is 0.0693 e. The summed E-state index contributed by atoms with van der Waals surface area (Å²) in [6.07, 6.45) is 4.13. The van der Waals surface area contributed by atoms with Crippen LogP contribution in [0, 0.1) is 34.5 Å². The van der Waals surface area contributed by atoms with Gasteiger partial charge in [-0.2, -0.15) is 5.26 Å². The molecule has 2 rings (SSSR count). The predicted octanol–water partition coefficient (Wildman–Crippen LogP) is 3.04. The van der Waals surface area contributed by atoms with E-state index in [0.717, 1.165) is 32.4 Å². The average molecular weight is 278 g/mol. The van der Waals surface area contributed by atoms with Gasteiger partial charge in [0.15, 0.2) is 0 Å². The summed E-state index contributed by atoms with van der Waals surface area (Å²) in [5.41, 5.74) is 0.320. The van der Waals surface area contributed by atoms with E-state index in [0.29, 0.717) is 23.3 Å². The van der Waals surface area contributed by atoms with Gasteiger partial charge in [-0.25, -0.2) is 0 Å². The zero-order valence-corrected chi connectivity index (χ0v) is 13.5. The molecule has 1 aliphatic carbocycles. The number of likely N-dealkylation sites (tertiary alicyclic amines) is 1. The summed E-state index contributed by atoms with van der Waals surface area (Å²) in [6.45, 7) is 10.9. The summed E-state index contributed by atoms with van der Waals surface area (Å²) < 4.78 is 0. The van der Waals surface area contributed by atoms with E-state index in [1.807, 2.05) is 0 Å². The third-order valence-corrected chi connectivity index (χ3v) is 5.63. The van der Waals surface area contributed by atoms with Gasteiger partial charge >= 0.3 is 0 Å². The van der Waals surface area contributed by atoms with Gasteiger partial charge in [0.25, 0.3) is 0 Å². The van der Waals surface area contributed by atoms with E-state index in [9.17, 15) is 10.4 Å². The highest BCUT2D eigenvalue weighted by Gasteiger charge is 2.40. The van der Waals surface area contributed by atoms with Crippen LogP contribution in [0.15, 0.2) is 0 Å². The number of rotatable bonds is 1. The smallest absolute Gasteiger partial charge is 0.0693 e. The van der Waals surface area contributed by atoms with Crippen molar-refractivity contribution in [2.75, 3.05) is 13.1 Å². The number of hydrogen-bond acceptors (Lipinski definition) is 3. The Morgan fingerprint density at radius 2 is 1.90 bits per heavy atom. The lowest BCUT2D eigenvalue weighted by Gasteiger charge is -2.47. The van der Waals surface area contributed by atoms with Gasteiger partial charge in [0.1, 0.15) is 0 Å². The molecule has 0 bridgehead atoms. The number of piperidine rings is 1. The topological polar surface area (TPSA) is 47.3 Å². The van der Waals surface area contributed by atoms with Gasteiger partial charge in [0.05, 0.1) is 18.1 Å². The summed E-state index contributed by atoms with van der Waals surface area (Å²) in [5.74, 6) is 1.23. The van der Waals surface area contributed by atoms with Crippen LogP contribution in [0.1, 0.15) is 53.4 Å². The SMILES string of the molecule is CC1CCN(C2CC(C(C)(C)C)CCC2C#N)CC1O. The molecule has 5 atom stereocenters. The first-order valence-electron chi connectivity index (χ1n) is 8.14. The van der Waals surface area contributed by atoms with Gasteiger partial charge in [0.2, 0.25) is 0 Å². The molecule has 0 aromatic carbocycles. The van der Waals surface area contributed by atoms with E-state index >= 15 is 0 Å². The van der Waals surface area contributed by atoms with E-state index in [2.05, 4.69) is 38.7 Å². The Morgan fingerprint density at radius 1 is 1.20 bits per heavy atom. The number of β-amino-alcohol motifs (C(OH)–C–C–N with tert-alkyl or cyclic N) is 1. The number of aliphatic hydroxyl groups excluding tert-OH is 1. The lowest BCUT2D eigenvalue weighted by molar-refractivity contribution is -0.0202. The first kappa shape index (κ1) is 15.8. The molecule has 1 heterocycles. The molecular weight excluding hydrogens is 248 g/mol. The fourth-order valence-corrected chi connectivity index (χ4v) is 3.86. The fourth-order valence-electron chi connectivity index (χ4n) is 3.86. The molecule has 3 heteroatoms. The molecule has 0 radical (unpaired) electrons. The van der Waals surface area contributed by atoms with Crippen molar-refractivity contribution in [2.24, 2.45) is 23.2 Å². The minimum absolute atomic E-state index is 0.147. The second-order valence-corrected chi connectivity index (χ2v) is 8.01. The van der Waals surface area contributed by atoms with Crippen molar-refractivity contribution >= 4 is 0 Å². The highest BCUT2D eigenvalue weighted by Crippen LogP contribution is 2.42. The van der Waals surface area contributed by atoms with Crippen molar-refractivity contribution in [1.82, 2.24) is 4.90 Å². The summed E-state index contributed by atoms with van der Waals surface area (Å²) >= 11 is 0. The minimum Gasteiger partial charge on any atom is -0.392 e. The van der Waals surface area contributed by atoms with Crippen LogP contribution in [0.25, 0.3) is 0 Å². The molecule has 0 amide bonds. The molecule has 1 aliphatic heterocycles. The van der Waals surface area contributed by atoms with Crippen molar-refractivity contribution in [3.05, 3.63) is 0 Å². The van der Waals surface area contributed by atoms with Crippen LogP contribution < -0.4 is 0 Å². The maximum atomic E-state index is 10.1. The van der Waals surface area contributed by atoms with Gasteiger partial charge in [-0.1, -0.05) is 27.7 Å².